The van der Waals surface area contributed by atoms with Crippen LogP contribution < -0.4 is 21.5 Å². The van der Waals surface area contributed by atoms with Crippen LogP contribution in [-0.4, -0.2) is 84.6 Å². The van der Waals surface area contributed by atoms with Crippen molar-refractivity contribution < 1.29 is 33.2 Å². The molecule has 0 saturated carbocycles. The molecule has 1 aliphatic rings. The van der Waals surface area contributed by atoms with Gasteiger partial charge in [-0.25, -0.2) is 9.52 Å². The first-order chi connectivity index (χ1) is 12.5. The predicted octanol–water partition coefficient (Wildman–Crippen LogP) is -3.75. The zero-order valence-electron chi connectivity index (χ0n) is 15.2. The average molecular weight is 409 g/mol. The van der Waals surface area contributed by atoms with Gasteiger partial charge in [-0.05, 0) is 19.7 Å². The molecule has 0 aromatic rings. The van der Waals surface area contributed by atoms with Crippen LogP contribution in [0.4, 0.5) is 0 Å². The van der Waals surface area contributed by atoms with Crippen LogP contribution in [0.5, 0.6) is 0 Å². The molecular formula is C13H28BN5O7S. The number of nitrogens with two attached hydrogens (primary N) is 2. The largest absolute Gasteiger partial charge is 0.479 e. The van der Waals surface area contributed by atoms with E-state index in [1.54, 1.807) is 0 Å². The molecule has 156 valence electrons. The molecule has 9 N–H and O–H groups in total. The van der Waals surface area contributed by atoms with Crippen molar-refractivity contribution in [2.24, 2.45) is 17.4 Å². The van der Waals surface area contributed by atoms with Crippen LogP contribution in [-0.2, 0) is 19.8 Å². The molecule has 0 radical (unpaired) electrons. The lowest BCUT2D eigenvalue weighted by Crippen LogP contribution is -2.62. The van der Waals surface area contributed by atoms with Gasteiger partial charge in [0.1, 0.15) is 0 Å². The Labute approximate surface area is 158 Å². The molecule has 0 aliphatic carbocycles. The number of nitrogens with one attached hydrogen (secondary N) is 2. The van der Waals surface area contributed by atoms with Gasteiger partial charge in [0.15, 0.2) is 5.54 Å². The number of carbonyl (C=O) groups excluding carboxylic acids is 1. The van der Waals surface area contributed by atoms with Crippen LogP contribution in [0.3, 0.4) is 0 Å². The third-order valence-corrected chi connectivity index (χ3v) is 6.00. The maximum Gasteiger partial charge on any atom is 0.451 e. The van der Waals surface area contributed by atoms with E-state index in [1.807, 2.05) is 0 Å². The molecule has 0 spiro atoms. The van der Waals surface area contributed by atoms with Crippen LogP contribution in [0.15, 0.2) is 0 Å². The Bertz CT molecular complexity index is 633. The van der Waals surface area contributed by atoms with E-state index in [1.165, 1.54) is 6.92 Å². The third-order valence-electron chi connectivity index (χ3n) is 4.47. The van der Waals surface area contributed by atoms with Crippen LogP contribution in [0.2, 0.25) is 6.32 Å². The molecule has 14 heteroatoms. The lowest BCUT2D eigenvalue weighted by atomic mass is 9.78. The summed E-state index contributed by atoms with van der Waals surface area (Å²) in [5, 5.41) is 30.2. The van der Waals surface area contributed by atoms with E-state index in [0.29, 0.717) is 0 Å². The second kappa shape index (κ2) is 9.77. The zero-order chi connectivity index (χ0) is 20.8. The fourth-order valence-corrected chi connectivity index (χ4v) is 4.30. The highest BCUT2D eigenvalue weighted by Gasteiger charge is 2.55. The Hall–Kier alpha value is -1.29. The Morgan fingerprint density at radius 3 is 2.52 bits per heavy atom. The summed E-state index contributed by atoms with van der Waals surface area (Å²) in [7, 11) is -5.56. The lowest BCUT2D eigenvalue weighted by Gasteiger charge is -2.32. The molecule has 3 atom stereocenters. The molecule has 1 rings (SSSR count). The van der Waals surface area contributed by atoms with E-state index in [-0.39, 0.29) is 38.8 Å². The van der Waals surface area contributed by atoms with E-state index >= 15 is 0 Å². The van der Waals surface area contributed by atoms with E-state index in [4.69, 9.17) is 21.5 Å². The van der Waals surface area contributed by atoms with Crippen LogP contribution in [0.1, 0.15) is 19.8 Å². The highest BCUT2D eigenvalue weighted by Crippen LogP contribution is 2.34. The maximum absolute atomic E-state index is 12.4. The Kier molecular flexibility index (Phi) is 8.60. The first-order valence-corrected chi connectivity index (χ1v) is 10.0. The highest BCUT2D eigenvalue weighted by atomic mass is 32.2. The fourth-order valence-electron chi connectivity index (χ4n) is 2.99. The predicted molar refractivity (Wildman–Crippen MR) is 97.4 cm³/mol. The van der Waals surface area contributed by atoms with Gasteiger partial charge in [-0.1, -0.05) is 6.42 Å². The summed E-state index contributed by atoms with van der Waals surface area (Å²) < 4.78 is 28.0. The van der Waals surface area contributed by atoms with Gasteiger partial charge in [0.05, 0.1) is 6.04 Å². The van der Waals surface area contributed by atoms with Crippen molar-refractivity contribution in [3.8, 4) is 0 Å². The van der Waals surface area contributed by atoms with Gasteiger partial charge in [-0.15, -0.1) is 0 Å². The van der Waals surface area contributed by atoms with Crippen LogP contribution in [0.25, 0.3) is 0 Å². The lowest BCUT2D eigenvalue weighted by molar-refractivity contribution is -0.149. The van der Waals surface area contributed by atoms with Crippen LogP contribution in [0, 0.1) is 5.92 Å². The van der Waals surface area contributed by atoms with Crippen molar-refractivity contribution in [3.05, 3.63) is 0 Å². The first kappa shape index (κ1) is 23.8. The van der Waals surface area contributed by atoms with Crippen molar-refractivity contribution in [1.82, 2.24) is 14.3 Å². The zero-order valence-corrected chi connectivity index (χ0v) is 16.0. The van der Waals surface area contributed by atoms with Crippen molar-refractivity contribution in [2.45, 2.75) is 37.7 Å². The minimum Gasteiger partial charge on any atom is -0.479 e. The quantitative estimate of drug-likeness (QED) is 0.167. The summed E-state index contributed by atoms with van der Waals surface area (Å²) in [6.45, 7) is 0.789. The Morgan fingerprint density at radius 1 is 1.41 bits per heavy atom. The Morgan fingerprint density at radius 2 is 2.04 bits per heavy atom. The van der Waals surface area contributed by atoms with Gasteiger partial charge in [-0.2, -0.15) is 12.7 Å². The number of carbonyl (C=O) groups is 2. The van der Waals surface area contributed by atoms with Crippen LogP contribution >= 0.6 is 0 Å². The fraction of sp³-hybridized carbons (Fsp3) is 0.846. The summed E-state index contributed by atoms with van der Waals surface area (Å²) in [5.41, 5.74) is 8.94. The summed E-state index contributed by atoms with van der Waals surface area (Å²) >= 11 is 0. The van der Waals surface area contributed by atoms with Crippen molar-refractivity contribution in [3.63, 3.8) is 0 Å². The summed E-state index contributed by atoms with van der Waals surface area (Å²) in [5.74, 6) is -2.90. The minimum atomic E-state index is -4.00. The molecule has 0 bridgehead atoms. The SMILES string of the molecule is C[C@H](N)C(=O)N[C@@]1(C(=O)O)CN(S(=O)(=O)NCCN)C[C@@H]1CCCB(O)O. The molecule has 1 aliphatic heterocycles. The van der Waals surface area contributed by atoms with E-state index in [9.17, 15) is 23.1 Å². The minimum absolute atomic E-state index is 0.00832. The van der Waals surface area contributed by atoms with E-state index in [2.05, 4.69) is 10.0 Å². The summed E-state index contributed by atoms with van der Waals surface area (Å²) in [6.07, 6.45) is 0.382. The van der Waals surface area contributed by atoms with Gasteiger partial charge < -0.3 is 31.9 Å². The summed E-state index contributed by atoms with van der Waals surface area (Å²) in [4.78, 5) is 24.1. The third kappa shape index (κ3) is 6.10. The number of nitrogens with zero attached hydrogens (tertiary/aromatic N) is 1. The number of carboxylic acid groups (broad SMARTS) is 1. The number of amides is 1. The molecule has 0 aromatic carbocycles. The van der Waals surface area contributed by atoms with Gasteiger partial charge >= 0.3 is 13.1 Å². The van der Waals surface area contributed by atoms with Crippen molar-refractivity contribution in [2.75, 3.05) is 26.2 Å². The molecule has 1 saturated heterocycles. The van der Waals surface area contributed by atoms with E-state index < -0.39 is 53.2 Å². The van der Waals surface area contributed by atoms with Gasteiger partial charge in [0, 0.05) is 32.1 Å². The second-order valence-corrected chi connectivity index (χ2v) is 8.40. The van der Waals surface area contributed by atoms with Gasteiger partial charge in [0.2, 0.25) is 5.91 Å². The number of hydrogen-bond acceptors (Lipinski definition) is 8. The molecule has 1 amide bonds. The molecule has 0 unspecified atom stereocenters. The number of aliphatic carboxylic acids is 1. The second-order valence-electron chi connectivity index (χ2n) is 6.64. The van der Waals surface area contributed by atoms with E-state index in [0.717, 1.165) is 4.31 Å². The molecular weight excluding hydrogens is 381 g/mol. The molecule has 1 heterocycles. The first-order valence-electron chi connectivity index (χ1n) is 8.58. The number of hydrogen-bond donors (Lipinski definition) is 7. The number of carboxylic acids is 1. The normalized spacial score (nSPS) is 24.6. The molecule has 1 fully saturated rings. The smallest absolute Gasteiger partial charge is 0.451 e. The van der Waals surface area contributed by atoms with Crippen molar-refractivity contribution in [1.29, 1.82) is 0 Å². The highest BCUT2D eigenvalue weighted by molar-refractivity contribution is 7.87. The molecule has 0 aromatic heterocycles. The maximum atomic E-state index is 12.4. The van der Waals surface area contributed by atoms with Gasteiger partial charge in [-0.3, -0.25) is 4.79 Å². The van der Waals surface area contributed by atoms with Gasteiger partial charge in [0.25, 0.3) is 10.2 Å². The summed E-state index contributed by atoms with van der Waals surface area (Å²) in [6, 6.07) is -0.984. The molecule has 12 nitrogen and oxygen atoms in total. The topological polar surface area (TPSA) is 208 Å². The standard InChI is InChI=1S/C13H28BN5O7S/c1-9(16)11(20)18-13(12(21)22)8-19(27(25,26)17-6-5-15)7-10(13)3-2-4-14(23)24/h9-10,17,23-24H,2-8,15-16H2,1H3,(H,18,20)(H,21,22)/t9-,10-,13-/m0/s1. The van der Waals surface area contributed by atoms with Crippen molar-refractivity contribution >= 4 is 29.2 Å². The number of rotatable bonds is 11. The average Bonchev–Trinajstić information content (AvgIpc) is 2.93. The molecule has 27 heavy (non-hydrogen) atoms. The monoisotopic (exact) mass is 409 g/mol. The Balaban J connectivity index is 3.14.